The van der Waals surface area contributed by atoms with Crippen molar-refractivity contribution in [1.82, 2.24) is 9.13 Å². The second-order valence-corrected chi connectivity index (χ2v) is 11.4. The van der Waals surface area contributed by atoms with Crippen LogP contribution in [0.25, 0.3) is 17.0 Å². The molecule has 1 N–H and O–H groups in total. The van der Waals surface area contributed by atoms with E-state index in [9.17, 15) is 14.4 Å². The number of amides is 1. The van der Waals surface area contributed by atoms with Crippen molar-refractivity contribution in [3.8, 4) is 5.75 Å². The third-order valence-corrected chi connectivity index (χ3v) is 8.50. The second kappa shape index (κ2) is 12.8. The first kappa shape index (κ1) is 29.8. The molecule has 0 saturated heterocycles. The molecule has 0 saturated carbocycles. The molecule has 2 aromatic heterocycles. The summed E-state index contributed by atoms with van der Waals surface area (Å²) in [5.41, 5.74) is 3.68. The Kier molecular flexibility index (Phi) is 8.48. The van der Waals surface area contributed by atoms with Crippen LogP contribution in [0.5, 0.6) is 5.75 Å². The first-order valence-electron chi connectivity index (χ1n) is 14.7. The number of allylic oxidation sites excluding steroid dienone is 1. The Morgan fingerprint density at radius 3 is 2.44 bits per heavy atom. The van der Waals surface area contributed by atoms with Crippen LogP contribution < -0.4 is 24.9 Å². The van der Waals surface area contributed by atoms with E-state index in [1.54, 1.807) is 18.4 Å². The molecule has 45 heavy (non-hydrogen) atoms. The minimum absolute atomic E-state index is 0.0558. The van der Waals surface area contributed by atoms with E-state index < -0.39 is 6.04 Å². The monoisotopic (exact) mass is 620 g/mol. The maximum atomic E-state index is 14.2. The van der Waals surface area contributed by atoms with Gasteiger partial charge in [0.15, 0.2) is 4.80 Å². The summed E-state index contributed by atoms with van der Waals surface area (Å²) in [4.78, 5) is 45.6. The predicted octanol–water partition coefficient (Wildman–Crippen LogP) is 4.79. The highest BCUT2D eigenvalue weighted by Gasteiger charge is 2.32. The number of nitrogens with one attached hydrogen (secondary N) is 1. The molecule has 1 atom stereocenters. The summed E-state index contributed by atoms with van der Waals surface area (Å²) in [7, 11) is 0. The molecule has 10 heteroatoms. The molecule has 1 amide bonds. The van der Waals surface area contributed by atoms with Crippen molar-refractivity contribution in [1.29, 1.82) is 0 Å². The average Bonchev–Trinajstić information content (AvgIpc) is 3.53. The van der Waals surface area contributed by atoms with Gasteiger partial charge in [0.25, 0.3) is 11.5 Å². The average molecular weight is 621 g/mol. The molecule has 5 aromatic rings. The Morgan fingerprint density at radius 1 is 0.978 bits per heavy atom. The summed E-state index contributed by atoms with van der Waals surface area (Å²) in [6, 6.07) is 23.6. The van der Waals surface area contributed by atoms with Crippen molar-refractivity contribution in [2.45, 2.75) is 33.4 Å². The van der Waals surface area contributed by atoms with Crippen LogP contribution in [-0.4, -0.2) is 34.2 Å². The lowest BCUT2D eigenvalue weighted by Gasteiger charge is -2.25. The largest absolute Gasteiger partial charge is 0.494 e. The van der Waals surface area contributed by atoms with Crippen LogP contribution in [-0.2, 0) is 20.9 Å². The Bertz CT molecular complexity index is 2110. The third-order valence-electron chi connectivity index (χ3n) is 7.52. The van der Waals surface area contributed by atoms with Gasteiger partial charge in [0.2, 0.25) is 0 Å². The SMILES string of the molecule is CCOC(=O)Cn1cc(/C=c2\sc3n(c2=O)[C@@H](c2ccc(OCC)cc2)C(C(=O)Nc2ccccc2)=C(C)N=3)c2ccccc21. The number of carbonyl (C=O) groups is 2. The van der Waals surface area contributed by atoms with E-state index in [1.165, 1.54) is 11.3 Å². The Hall–Kier alpha value is -5.22. The number of hydrogen-bond donors (Lipinski definition) is 1. The van der Waals surface area contributed by atoms with Crippen molar-refractivity contribution in [3.63, 3.8) is 0 Å². The molecule has 0 bridgehead atoms. The molecule has 0 unspecified atom stereocenters. The molecule has 0 spiro atoms. The zero-order valence-corrected chi connectivity index (χ0v) is 26.0. The number of hydrogen-bond acceptors (Lipinski definition) is 7. The van der Waals surface area contributed by atoms with Crippen molar-refractivity contribution in [3.05, 3.63) is 127 Å². The van der Waals surface area contributed by atoms with E-state index in [0.29, 0.717) is 45.3 Å². The number of ether oxygens (including phenoxy) is 2. The van der Waals surface area contributed by atoms with Crippen molar-refractivity contribution in [2.24, 2.45) is 4.99 Å². The number of fused-ring (bicyclic) bond motifs is 2. The number of anilines is 1. The van der Waals surface area contributed by atoms with Gasteiger partial charge in [-0.3, -0.25) is 19.0 Å². The van der Waals surface area contributed by atoms with Crippen LogP contribution in [0.2, 0.25) is 0 Å². The zero-order valence-electron chi connectivity index (χ0n) is 25.2. The molecule has 3 aromatic carbocycles. The van der Waals surface area contributed by atoms with Gasteiger partial charge in [0.05, 0.1) is 35.1 Å². The molecule has 0 aliphatic carbocycles. The summed E-state index contributed by atoms with van der Waals surface area (Å²) in [6.45, 7) is 6.36. The Morgan fingerprint density at radius 2 is 1.71 bits per heavy atom. The van der Waals surface area contributed by atoms with E-state index >= 15 is 0 Å². The normalized spacial score (nSPS) is 14.6. The number of nitrogens with zero attached hydrogens (tertiary/aromatic N) is 3. The molecule has 0 radical (unpaired) electrons. The molecule has 9 nitrogen and oxygen atoms in total. The topological polar surface area (TPSA) is 104 Å². The van der Waals surface area contributed by atoms with Crippen LogP contribution in [0.3, 0.4) is 0 Å². The van der Waals surface area contributed by atoms with Gasteiger partial charge in [0, 0.05) is 28.4 Å². The Balaban J connectivity index is 1.48. The van der Waals surface area contributed by atoms with Crippen LogP contribution in [0, 0.1) is 0 Å². The van der Waals surface area contributed by atoms with Gasteiger partial charge in [-0.05, 0) is 62.7 Å². The van der Waals surface area contributed by atoms with E-state index in [2.05, 4.69) is 5.32 Å². The van der Waals surface area contributed by atoms with Gasteiger partial charge in [-0.2, -0.15) is 0 Å². The molecule has 6 rings (SSSR count). The van der Waals surface area contributed by atoms with E-state index in [-0.39, 0.29) is 24.0 Å². The highest BCUT2D eigenvalue weighted by molar-refractivity contribution is 7.07. The fourth-order valence-corrected chi connectivity index (χ4v) is 6.61. The molecule has 228 valence electrons. The van der Waals surface area contributed by atoms with Gasteiger partial charge >= 0.3 is 5.97 Å². The van der Waals surface area contributed by atoms with Crippen LogP contribution in [0.15, 0.2) is 106 Å². The summed E-state index contributed by atoms with van der Waals surface area (Å²) in [5.74, 6) is 0.0258. The first-order valence-corrected chi connectivity index (χ1v) is 15.5. The number of para-hydroxylation sites is 2. The predicted molar refractivity (Wildman–Crippen MR) is 175 cm³/mol. The highest BCUT2D eigenvalue weighted by atomic mass is 32.1. The standard InChI is InChI=1S/C35H32N4O5S/c1-4-43-26-17-15-23(16-18-26)32-31(33(41)37-25-11-7-6-8-12-25)22(3)36-35-39(32)34(42)29(45-35)19-24-20-38(21-30(40)44-5-2)28-14-10-9-13-27(24)28/h6-20,32H,4-5,21H2,1-3H3,(H,37,41)/b29-19-/t32-/m0/s1. The van der Waals surface area contributed by atoms with Crippen LogP contribution in [0.1, 0.15) is 37.9 Å². The third kappa shape index (κ3) is 5.97. The number of aromatic nitrogens is 2. The second-order valence-electron chi connectivity index (χ2n) is 10.4. The quantitative estimate of drug-likeness (QED) is 0.239. The van der Waals surface area contributed by atoms with Crippen molar-refractivity contribution >= 4 is 45.9 Å². The molecule has 1 aliphatic heterocycles. The smallest absolute Gasteiger partial charge is 0.325 e. The molecule has 0 fully saturated rings. The number of rotatable bonds is 9. The summed E-state index contributed by atoms with van der Waals surface area (Å²) in [6.07, 6.45) is 3.68. The minimum atomic E-state index is -0.715. The van der Waals surface area contributed by atoms with Crippen LogP contribution >= 0.6 is 11.3 Å². The zero-order chi connectivity index (χ0) is 31.5. The van der Waals surface area contributed by atoms with E-state index in [1.807, 2.05) is 103 Å². The van der Waals surface area contributed by atoms with Gasteiger partial charge in [0.1, 0.15) is 12.3 Å². The lowest BCUT2D eigenvalue weighted by molar-refractivity contribution is -0.143. The lowest BCUT2D eigenvalue weighted by atomic mass is 9.95. The maximum Gasteiger partial charge on any atom is 0.325 e. The fraction of sp³-hybridized carbons (Fsp3) is 0.200. The highest BCUT2D eigenvalue weighted by Crippen LogP contribution is 2.32. The van der Waals surface area contributed by atoms with Gasteiger partial charge in [-0.15, -0.1) is 0 Å². The number of esters is 1. The van der Waals surface area contributed by atoms with Crippen molar-refractivity contribution in [2.75, 3.05) is 18.5 Å². The molecular formula is C35H32N4O5S. The van der Waals surface area contributed by atoms with E-state index in [4.69, 9.17) is 14.5 Å². The summed E-state index contributed by atoms with van der Waals surface area (Å²) < 4.78 is 14.7. The number of carbonyl (C=O) groups excluding carboxylic acids is 2. The first-order chi connectivity index (χ1) is 21.9. The summed E-state index contributed by atoms with van der Waals surface area (Å²) in [5, 5.41) is 3.87. The minimum Gasteiger partial charge on any atom is -0.494 e. The summed E-state index contributed by atoms with van der Waals surface area (Å²) >= 11 is 1.26. The van der Waals surface area contributed by atoms with E-state index in [0.717, 1.165) is 22.0 Å². The van der Waals surface area contributed by atoms with Crippen molar-refractivity contribution < 1.29 is 19.1 Å². The molecular weight excluding hydrogens is 588 g/mol. The number of thiazole rings is 1. The fourth-order valence-electron chi connectivity index (χ4n) is 5.57. The van der Waals surface area contributed by atoms with Gasteiger partial charge in [-0.25, -0.2) is 4.99 Å². The molecule has 3 heterocycles. The maximum absolute atomic E-state index is 14.2. The van der Waals surface area contributed by atoms with Gasteiger partial charge < -0.3 is 19.4 Å². The number of benzene rings is 3. The Labute approximate surface area is 263 Å². The lowest BCUT2D eigenvalue weighted by Crippen LogP contribution is -2.40. The van der Waals surface area contributed by atoms with Crippen LogP contribution in [0.4, 0.5) is 5.69 Å². The molecule has 1 aliphatic rings. The van der Waals surface area contributed by atoms with Gasteiger partial charge in [-0.1, -0.05) is 59.9 Å².